The SMILES string of the molecule is O=C(O)CSCCNC(=O)c1ccc(S(=O)(=O)NCc2ccco2)cc1. The quantitative estimate of drug-likeness (QED) is 0.515. The average Bonchev–Trinajstić information content (AvgIpc) is 3.13. The molecule has 1 heterocycles. The van der Waals surface area contributed by atoms with Crippen molar-refractivity contribution in [1.29, 1.82) is 0 Å². The Hall–Kier alpha value is -2.30. The van der Waals surface area contributed by atoms with Crippen LogP contribution in [0.5, 0.6) is 0 Å². The Kier molecular flexibility index (Phi) is 7.25. The molecule has 0 radical (unpaired) electrons. The van der Waals surface area contributed by atoms with E-state index in [-0.39, 0.29) is 23.1 Å². The molecule has 0 aliphatic heterocycles. The second-order valence-corrected chi connectivity index (χ2v) is 8.00. The van der Waals surface area contributed by atoms with E-state index >= 15 is 0 Å². The van der Waals surface area contributed by atoms with Gasteiger partial charge in [0.05, 0.1) is 23.5 Å². The summed E-state index contributed by atoms with van der Waals surface area (Å²) in [6, 6.07) is 8.85. The van der Waals surface area contributed by atoms with Crippen LogP contribution in [0.4, 0.5) is 0 Å². The molecule has 2 aromatic rings. The van der Waals surface area contributed by atoms with Crippen LogP contribution in [0.15, 0.2) is 52.0 Å². The zero-order chi connectivity index (χ0) is 19.0. The van der Waals surface area contributed by atoms with Gasteiger partial charge >= 0.3 is 5.97 Å². The number of carboxylic acid groups (broad SMARTS) is 1. The molecule has 1 aromatic carbocycles. The summed E-state index contributed by atoms with van der Waals surface area (Å²) in [4.78, 5) is 22.4. The Balaban J connectivity index is 1.86. The lowest BCUT2D eigenvalue weighted by atomic mass is 10.2. The number of aliphatic carboxylic acids is 1. The van der Waals surface area contributed by atoms with E-state index in [0.717, 1.165) is 0 Å². The molecule has 0 unspecified atom stereocenters. The van der Waals surface area contributed by atoms with Crippen LogP contribution < -0.4 is 10.0 Å². The van der Waals surface area contributed by atoms with Crippen LogP contribution >= 0.6 is 11.8 Å². The maximum atomic E-state index is 12.2. The number of furan rings is 1. The van der Waals surface area contributed by atoms with Crippen LogP contribution in [0.25, 0.3) is 0 Å². The highest BCUT2D eigenvalue weighted by atomic mass is 32.2. The minimum absolute atomic E-state index is 0.0204. The zero-order valence-corrected chi connectivity index (χ0v) is 15.3. The van der Waals surface area contributed by atoms with Crippen molar-refractivity contribution in [2.45, 2.75) is 11.4 Å². The predicted octanol–water partition coefficient (Wildman–Crippen LogP) is 1.31. The van der Waals surface area contributed by atoms with Gasteiger partial charge in [-0.05, 0) is 36.4 Å². The number of carboxylic acids is 1. The highest BCUT2D eigenvalue weighted by Gasteiger charge is 2.15. The molecule has 0 aliphatic carbocycles. The summed E-state index contributed by atoms with van der Waals surface area (Å²) in [5, 5.41) is 11.2. The first-order valence-corrected chi connectivity index (χ1v) is 10.2. The minimum Gasteiger partial charge on any atom is -0.481 e. The molecule has 0 spiro atoms. The molecule has 1 amide bonds. The number of carbonyl (C=O) groups excluding carboxylic acids is 1. The first kappa shape index (κ1) is 20.0. The molecule has 2 rings (SSSR count). The van der Waals surface area contributed by atoms with Gasteiger partial charge in [-0.3, -0.25) is 9.59 Å². The lowest BCUT2D eigenvalue weighted by molar-refractivity contribution is -0.133. The third kappa shape index (κ3) is 6.21. The molecule has 140 valence electrons. The molecule has 0 fully saturated rings. The Morgan fingerprint density at radius 2 is 1.88 bits per heavy atom. The van der Waals surface area contributed by atoms with Crippen LogP contribution in [0.2, 0.25) is 0 Å². The number of hydrogen-bond donors (Lipinski definition) is 3. The van der Waals surface area contributed by atoms with Gasteiger partial charge in [0, 0.05) is 17.9 Å². The number of sulfonamides is 1. The summed E-state index contributed by atoms with van der Waals surface area (Å²) in [5.74, 6) is -0.313. The normalized spacial score (nSPS) is 11.2. The summed E-state index contributed by atoms with van der Waals surface area (Å²) in [6.07, 6.45) is 1.46. The monoisotopic (exact) mass is 398 g/mol. The highest BCUT2D eigenvalue weighted by molar-refractivity contribution is 7.99. The molecule has 0 bridgehead atoms. The number of rotatable bonds is 10. The number of hydrogen-bond acceptors (Lipinski definition) is 6. The topological polar surface area (TPSA) is 126 Å². The van der Waals surface area contributed by atoms with Crippen molar-refractivity contribution in [2.24, 2.45) is 0 Å². The Labute approximate surface area is 155 Å². The Morgan fingerprint density at radius 1 is 1.15 bits per heavy atom. The second kappa shape index (κ2) is 9.41. The molecule has 0 atom stereocenters. The van der Waals surface area contributed by atoms with E-state index in [9.17, 15) is 18.0 Å². The Morgan fingerprint density at radius 3 is 2.50 bits per heavy atom. The van der Waals surface area contributed by atoms with Gasteiger partial charge in [0.1, 0.15) is 5.76 Å². The van der Waals surface area contributed by atoms with E-state index in [1.165, 1.54) is 42.3 Å². The maximum absolute atomic E-state index is 12.2. The van der Waals surface area contributed by atoms with Gasteiger partial charge in [0.25, 0.3) is 5.91 Å². The Bertz CT molecular complexity index is 832. The smallest absolute Gasteiger partial charge is 0.313 e. The van der Waals surface area contributed by atoms with Gasteiger partial charge in [-0.2, -0.15) is 0 Å². The maximum Gasteiger partial charge on any atom is 0.313 e. The fourth-order valence-electron chi connectivity index (χ4n) is 1.95. The van der Waals surface area contributed by atoms with Crippen LogP contribution in [0.1, 0.15) is 16.1 Å². The third-order valence-corrected chi connectivity index (χ3v) is 5.56. The van der Waals surface area contributed by atoms with Crippen LogP contribution in [-0.4, -0.2) is 43.5 Å². The van der Waals surface area contributed by atoms with E-state index in [0.29, 0.717) is 23.6 Å². The predicted molar refractivity (Wildman–Crippen MR) is 96.5 cm³/mol. The number of thioether (sulfide) groups is 1. The van der Waals surface area contributed by atoms with Gasteiger partial charge in [-0.25, -0.2) is 13.1 Å². The van der Waals surface area contributed by atoms with Crippen molar-refractivity contribution in [3.05, 3.63) is 54.0 Å². The molecule has 0 saturated carbocycles. The van der Waals surface area contributed by atoms with Crippen molar-refractivity contribution < 1.29 is 27.5 Å². The van der Waals surface area contributed by atoms with Gasteiger partial charge in [-0.15, -0.1) is 11.8 Å². The van der Waals surface area contributed by atoms with E-state index in [1.54, 1.807) is 12.1 Å². The van der Waals surface area contributed by atoms with Gasteiger partial charge in [-0.1, -0.05) is 0 Å². The fraction of sp³-hybridized carbons (Fsp3) is 0.250. The van der Waals surface area contributed by atoms with Gasteiger partial charge in [0.15, 0.2) is 0 Å². The van der Waals surface area contributed by atoms with Crippen LogP contribution in [0.3, 0.4) is 0 Å². The lowest BCUT2D eigenvalue weighted by Crippen LogP contribution is -2.26. The van der Waals surface area contributed by atoms with Crippen molar-refractivity contribution >= 4 is 33.7 Å². The van der Waals surface area contributed by atoms with E-state index in [1.807, 2.05) is 0 Å². The third-order valence-electron chi connectivity index (χ3n) is 3.20. The standard InChI is InChI=1S/C16H18N2O6S2/c19-15(20)11-25-9-7-17-16(21)12-3-5-14(6-4-12)26(22,23)18-10-13-2-1-8-24-13/h1-6,8,18H,7,9-11H2,(H,17,21)(H,19,20). The molecule has 8 nitrogen and oxygen atoms in total. The molecular formula is C16H18N2O6S2. The largest absolute Gasteiger partial charge is 0.481 e. The average molecular weight is 398 g/mol. The lowest BCUT2D eigenvalue weighted by Gasteiger charge is -2.07. The van der Waals surface area contributed by atoms with E-state index in [2.05, 4.69) is 10.0 Å². The van der Waals surface area contributed by atoms with Crippen LogP contribution in [-0.2, 0) is 21.4 Å². The zero-order valence-electron chi connectivity index (χ0n) is 13.7. The number of benzene rings is 1. The number of nitrogens with one attached hydrogen (secondary N) is 2. The van der Waals surface area contributed by atoms with Crippen LogP contribution in [0, 0.1) is 0 Å². The first-order chi connectivity index (χ1) is 12.4. The highest BCUT2D eigenvalue weighted by Crippen LogP contribution is 2.12. The molecular weight excluding hydrogens is 380 g/mol. The summed E-state index contributed by atoms with van der Waals surface area (Å²) in [5.41, 5.74) is 0.318. The van der Waals surface area contributed by atoms with E-state index < -0.39 is 16.0 Å². The second-order valence-electron chi connectivity index (χ2n) is 5.13. The molecule has 26 heavy (non-hydrogen) atoms. The molecule has 10 heteroatoms. The summed E-state index contributed by atoms with van der Waals surface area (Å²) in [6.45, 7) is 0.354. The van der Waals surface area contributed by atoms with Gasteiger partial charge in [0.2, 0.25) is 10.0 Å². The fourth-order valence-corrected chi connectivity index (χ4v) is 3.51. The van der Waals surface area contributed by atoms with Crippen molar-refractivity contribution in [1.82, 2.24) is 10.0 Å². The summed E-state index contributed by atoms with van der Waals surface area (Å²) in [7, 11) is -3.71. The molecule has 0 aliphatic rings. The van der Waals surface area contributed by atoms with Crippen molar-refractivity contribution in [2.75, 3.05) is 18.1 Å². The number of carbonyl (C=O) groups is 2. The minimum atomic E-state index is -3.71. The van der Waals surface area contributed by atoms with E-state index in [4.69, 9.17) is 9.52 Å². The first-order valence-electron chi connectivity index (χ1n) is 7.58. The summed E-state index contributed by atoms with van der Waals surface area (Å²) < 4.78 is 31.9. The van der Waals surface area contributed by atoms with Crippen molar-refractivity contribution in [3.63, 3.8) is 0 Å². The molecule has 1 aromatic heterocycles. The van der Waals surface area contributed by atoms with Crippen molar-refractivity contribution in [3.8, 4) is 0 Å². The van der Waals surface area contributed by atoms with Gasteiger partial charge < -0.3 is 14.8 Å². The summed E-state index contributed by atoms with van der Waals surface area (Å²) >= 11 is 1.20. The molecule has 3 N–H and O–H groups in total. The molecule has 0 saturated heterocycles. The number of amides is 1.